The molecule has 12 nitrogen and oxygen atoms in total. The molecular weight excluding hydrogens is 486 g/mol. The van der Waals surface area contributed by atoms with Crippen LogP contribution in [0.3, 0.4) is 0 Å². The maximum atomic E-state index is 12.6. The second-order valence-corrected chi connectivity index (χ2v) is 11.2. The number of sulfonamides is 1. The van der Waals surface area contributed by atoms with Gasteiger partial charge < -0.3 is 24.6 Å². The van der Waals surface area contributed by atoms with Crippen molar-refractivity contribution in [2.75, 3.05) is 45.8 Å². The molecule has 4 heterocycles. The Bertz CT molecular complexity index is 1360. The predicted octanol–water partition coefficient (Wildman–Crippen LogP) is 2.14. The van der Waals surface area contributed by atoms with E-state index in [1.54, 1.807) is 18.2 Å². The molecule has 0 saturated carbocycles. The number of morpholine rings is 1. The maximum Gasteiger partial charge on any atom is 0.407 e. The molecule has 2 N–H and O–H groups in total. The molecule has 1 aliphatic heterocycles. The monoisotopic (exact) mass is 517 g/mol. The lowest BCUT2D eigenvalue weighted by atomic mass is 10.1. The van der Waals surface area contributed by atoms with Gasteiger partial charge in [-0.3, -0.25) is 0 Å². The zero-order chi connectivity index (χ0) is 26.0. The number of hydrogen-bond acceptors (Lipinski definition) is 8. The molecule has 194 valence electrons. The first kappa shape index (κ1) is 25.8. The number of nitrogens with zero attached hydrogens (tertiary/aromatic N) is 6. The molecule has 0 unspecified atom stereocenters. The van der Waals surface area contributed by atoms with Gasteiger partial charge in [-0.05, 0) is 24.6 Å². The minimum Gasteiger partial charge on any atom is -0.465 e. The molecule has 3 aromatic heterocycles. The Balaban J connectivity index is 1.75. The van der Waals surface area contributed by atoms with Gasteiger partial charge in [0.2, 0.25) is 10.0 Å². The predicted molar refractivity (Wildman–Crippen MR) is 135 cm³/mol. The minimum absolute atomic E-state index is 0.119. The summed E-state index contributed by atoms with van der Waals surface area (Å²) in [4.78, 5) is 31.7. The summed E-state index contributed by atoms with van der Waals surface area (Å²) in [5, 5.41) is 9.14. The van der Waals surface area contributed by atoms with E-state index in [0.717, 1.165) is 11.9 Å². The number of carbonyl (C=O) groups is 1. The van der Waals surface area contributed by atoms with Crippen molar-refractivity contribution in [3.63, 3.8) is 0 Å². The van der Waals surface area contributed by atoms with E-state index in [4.69, 9.17) is 19.8 Å². The SMILES string of the molecule is CC[C@H]1COCCN1c1cc(CS(=O)(=O)N(C)C)nc(-c2ccc3[nH]c(CN(C)C(=O)O)cc3n2)n1. The Morgan fingerprint density at radius 3 is 2.69 bits per heavy atom. The molecule has 36 heavy (non-hydrogen) atoms. The highest BCUT2D eigenvalue weighted by Crippen LogP contribution is 2.26. The highest BCUT2D eigenvalue weighted by atomic mass is 32.2. The Morgan fingerprint density at radius 2 is 2.00 bits per heavy atom. The summed E-state index contributed by atoms with van der Waals surface area (Å²) < 4.78 is 32.1. The third kappa shape index (κ3) is 5.58. The normalized spacial score (nSPS) is 16.6. The first-order valence-electron chi connectivity index (χ1n) is 11.6. The van der Waals surface area contributed by atoms with E-state index in [-0.39, 0.29) is 18.3 Å². The summed E-state index contributed by atoms with van der Waals surface area (Å²) in [7, 11) is 0.934. The Kier molecular flexibility index (Phi) is 7.43. The first-order valence-corrected chi connectivity index (χ1v) is 13.2. The summed E-state index contributed by atoms with van der Waals surface area (Å²) in [6, 6.07) is 7.23. The summed E-state index contributed by atoms with van der Waals surface area (Å²) in [6.07, 6.45) is -0.174. The Morgan fingerprint density at radius 1 is 1.22 bits per heavy atom. The van der Waals surface area contributed by atoms with Gasteiger partial charge in [0.15, 0.2) is 5.82 Å². The van der Waals surface area contributed by atoms with E-state index >= 15 is 0 Å². The van der Waals surface area contributed by atoms with Gasteiger partial charge in [0, 0.05) is 39.4 Å². The standard InChI is InChI=1S/C23H31N7O5S/c1-5-17-13-35-9-8-30(17)21-11-16(14-36(33,34)28(2)3)25-22(27-21)19-7-6-18-20(26-19)10-15(24-18)12-29(4)23(31)32/h6-7,10-11,17,24H,5,8-9,12-14H2,1-4H3,(H,31,32)/t17-/m0/s1. The molecule has 1 atom stereocenters. The molecule has 0 aliphatic carbocycles. The Hall–Kier alpha value is -3.29. The topological polar surface area (TPSA) is 145 Å². The fourth-order valence-corrected chi connectivity index (χ4v) is 4.81. The van der Waals surface area contributed by atoms with Gasteiger partial charge in [0.05, 0.1) is 42.5 Å². The van der Waals surface area contributed by atoms with Gasteiger partial charge in [-0.25, -0.2) is 32.5 Å². The van der Waals surface area contributed by atoms with Crippen LogP contribution in [0.25, 0.3) is 22.6 Å². The smallest absolute Gasteiger partial charge is 0.407 e. The quantitative estimate of drug-likeness (QED) is 0.459. The van der Waals surface area contributed by atoms with Gasteiger partial charge in [-0.2, -0.15) is 0 Å². The number of ether oxygens (including phenoxy) is 1. The van der Waals surface area contributed by atoms with Crippen molar-refractivity contribution in [2.24, 2.45) is 0 Å². The van der Waals surface area contributed by atoms with Gasteiger partial charge in [0.1, 0.15) is 17.3 Å². The van der Waals surface area contributed by atoms with Crippen LogP contribution in [0.15, 0.2) is 24.3 Å². The number of hydrogen-bond donors (Lipinski definition) is 2. The fourth-order valence-electron chi connectivity index (χ4n) is 4.03. The highest BCUT2D eigenvalue weighted by molar-refractivity contribution is 7.88. The highest BCUT2D eigenvalue weighted by Gasteiger charge is 2.25. The van der Waals surface area contributed by atoms with Crippen molar-refractivity contribution in [2.45, 2.75) is 31.7 Å². The van der Waals surface area contributed by atoms with E-state index in [2.05, 4.69) is 21.8 Å². The van der Waals surface area contributed by atoms with Crippen LogP contribution in [0.2, 0.25) is 0 Å². The molecule has 1 fully saturated rings. The van der Waals surface area contributed by atoms with E-state index < -0.39 is 16.1 Å². The number of amides is 1. The average Bonchev–Trinajstić information content (AvgIpc) is 3.24. The van der Waals surface area contributed by atoms with Crippen LogP contribution >= 0.6 is 0 Å². The van der Waals surface area contributed by atoms with Crippen LogP contribution in [-0.4, -0.2) is 95.7 Å². The molecule has 1 saturated heterocycles. The van der Waals surface area contributed by atoms with E-state index in [0.29, 0.717) is 54.0 Å². The van der Waals surface area contributed by atoms with Crippen LogP contribution in [0.5, 0.6) is 0 Å². The van der Waals surface area contributed by atoms with E-state index in [9.17, 15) is 13.2 Å². The number of anilines is 1. The number of H-pyrrole nitrogens is 1. The van der Waals surface area contributed by atoms with Crippen molar-refractivity contribution in [3.8, 4) is 11.5 Å². The summed E-state index contributed by atoms with van der Waals surface area (Å²) in [6.45, 7) is 4.03. The molecule has 0 bridgehead atoms. The third-order valence-corrected chi connectivity index (χ3v) is 7.91. The summed E-state index contributed by atoms with van der Waals surface area (Å²) >= 11 is 0. The summed E-state index contributed by atoms with van der Waals surface area (Å²) in [5.41, 5.74) is 2.95. The van der Waals surface area contributed by atoms with Crippen LogP contribution < -0.4 is 4.90 Å². The molecule has 1 aliphatic rings. The number of fused-ring (bicyclic) bond motifs is 1. The van der Waals surface area contributed by atoms with Crippen LogP contribution in [-0.2, 0) is 27.1 Å². The largest absolute Gasteiger partial charge is 0.465 e. The molecule has 13 heteroatoms. The van der Waals surface area contributed by atoms with E-state index in [1.807, 2.05) is 6.07 Å². The first-order chi connectivity index (χ1) is 17.1. The second-order valence-electron chi connectivity index (χ2n) is 8.97. The average molecular weight is 518 g/mol. The van der Waals surface area contributed by atoms with Crippen molar-refractivity contribution in [1.29, 1.82) is 0 Å². The van der Waals surface area contributed by atoms with Crippen molar-refractivity contribution >= 4 is 33.0 Å². The van der Waals surface area contributed by atoms with Crippen LogP contribution in [0, 0.1) is 0 Å². The van der Waals surface area contributed by atoms with Crippen molar-refractivity contribution in [3.05, 3.63) is 35.7 Å². The van der Waals surface area contributed by atoms with Crippen molar-refractivity contribution < 1.29 is 23.1 Å². The lowest BCUT2D eigenvalue weighted by Crippen LogP contribution is -2.45. The second kappa shape index (κ2) is 10.4. The van der Waals surface area contributed by atoms with Gasteiger partial charge >= 0.3 is 6.09 Å². The molecule has 1 amide bonds. The van der Waals surface area contributed by atoms with Crippen LogP contribution in [0.1, 0.15) is 24.7 Å². The molecule has 0 spiro atoms. The number of pyridine rings is 1. The van der Waals surface area contributed by atoms with Gasteiger partial charge in [0.25, 0.3) is 0 Å². The molecule has 3 aromatic rings. The zero-order valence-electron chi connectivity index (χ0n) is 20.8. The number of aromatic amines is 1. The van der Waals surface area contributed by atoms with Crippen molar-refractivity contribution in [1.82, 2.24) is 29.1 Å². The minimum atomic E-state index is -3.54. The number of nitrogens with one attached hydrogen (secondary N) is 1. The number of carboxylic acid groups (broad SMARTS) is 1. The molecule has 0 aromatic carbocycles. The fraction of sp³-hybridized carbons (Fsp3) is 0.478. The maximum absolute atomic E-state index is 12.6. The number of aromatic nitrogens is 4. The lowest BCUT2D eigenvalue weighted by Gasteiger charge is -2.36. The molecule has 0 radical (unpaired) electrons. The molecular formula is C23H31N7O5S. The van der Waals surface area contributed by atoms with E-state index in [1.165, 1.54) is 30.3 Å². The van der Waals surface area contributed by atoms with Crippen LogP contribution in [0.4, 0.5) is 10.6 Å². The third-order valence-electron chi connectivity index (χ3n) is 6.14. The Labute approximate surface area is 210 Å². The molecule has 4 rings (SSSR count). The van der Waals surface area contributed by atoms with Gasteiger partial charge in [-0.15, -0.1) is 0 Å². The zero-order valence-corrected chi connectivity index (χ0v) is 21.6. The lowest BCUT2D eigenvalue weighted by molar-refractivity contribution is 0.0925. The number of rotatable bonds is 8. The summed E-state index contributed by atoms with van der Waals surface area (Å²) in [5.74, 6) is 0.700. The van der Waals surface area contributed by atoms with Gasteiger partial charge in [-0.1, -0.05) is 6.92 Å².